The summed E-state index contributed by atoms with van der Waals surface area (Å²) >= 11 is 0. The third kappa shape index (κ3) is 6.83. The van der Waals surface area contributed by atoms with Gasteiger partial charge in [0.1, 0.15) is 5.60 Å². The van der Waals surface area contributed by atoms with Gasteiger partial charge < -0.3 is 10.4 Å². The highest BCUT2D eigenvalue weighted by Gasteiger charge is 2.26. The maximum Gasteiger partial charge on any atom is 0.251 e. The lowest BCUT2D eigenvalue weighted by molar-refractivity contribution is -0.136. The zero-order chi connectivity index (χ0) is 12.8. The molecule has 0 rings (SSSR count). The van der Waals surface area contributed by atoms with Crippen molar-refractivity contribution in [3.8, 4) is 0 Å². The second-order valence-electron chi connectivity index (χ2n) is 5.86. The van der Waals surface area contributed by atoms with Gasteiger partial charge in [-0.3, -0.25) is 4.79 Å². The number of rotatable bonds is 7. The molecule has 0 aliphatic rings. The average Bonchev–Trinajstić information content (AvgIpc) is 2.13. The number of nitrogens with one attached hydrogen (secondary N) is 1. The van der Waals surface area contributed by atoms with E-state index < -0.39 is 5.60 Å². The molecule has 3 nitrogen and oxygen atoms in total. The van der Waals surface area contributed by atoms with Crippen molar-refractivity contribution >= 4 is 5.91 Å². The molecule has 0 fully saturated rings. The molecule has 0 radical (unpaired) electrons. The SMILES string of the molecule is CCCCCC(C)(C)CNC(=O)C(C)(C)O. The maximum atomic E-state index is 11.5. The van der Waals surface area contributed by atoms with Crippen molar-refractivity contribution in [3.63, 3.8) is 0 Å². The number of carbonyl (C=O) groups excluding carboxylic acids is 1. The highest BCUT2D eigenvalue weighted by atomic mass is 16.3. The van der Waals surface area contributed by atoms with Crippen LogP contribution in [0.25, 0.3) is 0 Å². The summed E-state index contributed by atoms with van der Waals surface area (Å²) in [7, 11) is 0. The third-order valence-electron chi connectivity index (χ3n) is 2.74. The van der Waals surface area contributed by atoms with Crippen molar-refractivity contribution in [2.24, 2.45) is 5.41 Å². The van der Waals surface area contributed by atoms with Crippen LogP contribution in [0.2, 0.25) is 0 Å². The summed E-state index contributed by atoms with van der Waals surface area (Å²) < 4.78 is 0. The quantitative estimate of drug-likeness (QED) is 0.659. The molecule has 3 heteroatoms. The lowest BCUT2D eigenvalue weighted by Crippen LogP contribution is -2.45. The van der Waals surface area contributed by atoms with E-state index in [9.17, 15) is 9.90 Å². The van der Waals surface area contributed by atoms with Crippen LogP contribution in [-0.4, -0.2) is 23.2 Å². The summed E-state index contributed by atoms with van der Waals surface area (Å²) in [6.07, 6.45) is 4.75. The largest absolute Gasteiger partial charge is 0.381 e. The Morgan fingerprint density at radius 2 is 1.75 bits per heavy atom. The lowest BCUT2D eigenvalue weighted by atomic mass is 9.86. The van der Waals surface area contributed by atoms with Gasteiger partial charge in [0, 0.05) is 6.54 Å². The first-order valence-corrected chi connectivity index (χ1v) is 6.20. The molecule has 0 bridgehead atoms. The van der Waals surface area contributed by atoms with Gasteiger partial charge in [-0.05, 0) is 25.7 Å². The predicted molar refractivity (Wildman–Crippen MR) is 67.2 cm³/mol. The number of hydrogen-bond donors (Lipinski definition) is 2. The molecule has 0 aromatic rings. The molecule has 0 aliphatic carbocycles. The Balaban J connectivity index is 3.94. The highest BCUT2D eigenvalue weighted by Crippen LogP contribution is 2.22. The first-order valence-electron chi connectivity index (χ1n) is 6.20. The molecule has 0 atom stereocenters. The molecule has 0 aromatic carbocycles. The van der Waals surface area contributed by atoms with E-state index in [0.29, 0.717) is 6.54 Å². The van der Waals surface area contributed by atoms with E-state index in [1.807, 2.05) is 0 Å². The fourth-order valence-electron chi connectivity index (χ4n) is 1.48. The average molecular weight is 229 g/mol. The molecule has 96 valence electrons. The summed E-state index contributed by atoms with van der Waals surface area (Å²) in [5, 5.41) is 12.3. The highest BCUT2D eigenvalue weighted by molar-refractivity contribution is 5.83. The van der Waals surface area contributed by atoms with E-state index in [1.54, 1.807) is 0 Å². The zero-order valence-corrected chi connectivity index (χ0v) is 11.4. The summed E-state index contributed by atoms with van der Waals surface area (Å²) in [5.74, 6) is -0.295. The van der Waals surface area contributed by atoms with Crippen molar-refractivity contribution in [3.05, 3.63) is 0 Å². The van der Waals surface area contributed by atoms with Crippen molar-refractivity contribution in [2.75, 3.05) is 6.54 Å². The van der Waals surface area contributed by atoms with E-state index in [-0.39, 0.29) is 11.3 Å². The van der Waals surface area contributed by atoms with E-state index in [2.05, 4.69) is 26.1 Å². The molecule has 0 aromatic heterocycles. The monoisotopic (exact) mass is 229 g/mol. The van der Waals surface area contributed by atoms with Crippen molar-refractivity contribution in [2.45, 2.75) is 65.9 Å². The lowest BCUT2D eigenvalue weighted by Gasteiger charge is -2.27. The Labute approximate surface area is 99.6 Å². The third-order valence-corrected chi connectivity index (χ3v) is 2.74. The molecule has 16 heavy (non-hydrogen) atoms. The molecule has 0 saturated heterocycles. The Morgan fingerprint density at radius 3 is 2.19 bits per heavy atom. The smallest absolute Gasteiger partial charge is 0.251 e. The number of carbonyl (C=O) groups is 1. The fourth-order valence-corrected chi connectivity index (χ4v) is 1.48. The minimum Gasteiger partial charge on any atom is -0.381 e. The van der Waals surface area contributed by atoms with E-state index in [4.69, 9.17) is 0 Å². The van der Waals surface area contributed by atoms with Crippen molar-refractivity contribution in [1.29, 1.82) is 0 Å². The molecule has 1 amide bonds. The van der Waals surface area contributed by atoms with Crippen LogP contribution in [-0.2, 0) is 4.79 Å². The van der Waals surface area contributed by atoms with E-state index in [1.165, 1.54) is 33.1 Å². The van der Waals surface area contributed by atoms with Crippen LogP contribution < -0.4 is 5.32 Å². The van der Waals surface area contributed by atoms with Gasteiger partial charge >= 0.3 is 0 Å². The first kappa shape index (κ1) is 15.4. The topological polar surface area (TPSA) is 49.3 Å². The first-order chi connectivity index (χ1) is 7.19. The van der Waals surface area contributed by atoms with Gasteiger partial charge in [-0.25, -0.2) is 0 Å². The van der Waals surface area contributed by atoms with E-state index in [0.717, 1.165) is 6.42 Å². The predicted octanol–water partition coefficient (Wildman–Crippen LogP) is 2.48. The summed E-state index contributed by atoms with van der Waals surface area (Å²) in [6.45, 7) is 10.1. The Hall–Kier alpha value is -0.570. The minimum atomic E-state index is -1.28. The number of unbranched alkanes of at least 4 members (excludes halogenated alkanes) is 2. The molecule has 2 N–H and O–H groups in total. The van der Waals surface area contributed by atoms with Gasteiger partial charge in [0.2, 0.25) is 0 Å². The van der Waals surface area contributed by atoms with Crippen LogP contribution in [0.4, 0.5) is 0 Å². The summed E-state index contributed by atoms with van der Waals surface area (Å²) in [6, 6.07) is 0. The normalized spacial score (nSPS) is 12.6. The Kier molecular flexibility index (Phi) is 6.01. The number of hydrogen-bond acceptors (Lipinski definition) is 2. The molecule has 0 aliphatic heterocycles. The second kappa shape index (κ2) is 6.24. The van der Waals surface area contributed by atoms with Gasteiger partial charge in [-0.1, -0.05) is 40.0 Å². The maximum absolute atomic E-state index is 11.5. The molecular formula is C13H27NO2. The van der Waals surface area contributed by atoms with Gasteiger partial charge in [-0.15, -0.1) is 0 Å². The van der Waals surface area contributed by atoms with Crippen LogP contribution in [0.1, 0.15) is 60.3 Å². The van der Waals surface area contributed by atoms with Gasteiger partial charge in [-0.2, -0.15) is 0 Å². The zero-order valence-electron chi connectivity index (χ0n) is 11.4. The van der Waals surface area contributed by atoms with Gasteiger partial charge in [0.25, 0.3) is 5.91 Å². The molecular weight excluding hydrogens is 202 g/mol. The molecule has 0 saturated carbocycles. The Morgan fingerprint density at radius 1 is 1.19 bits per heavy atom. The van der Waals surface area contributed by atoms with Crippen LogP contribution in [0.5, 0.6) is 0 Å². The fraction of sp³-hybridized carbons (Fsp3) is 0.923. The molecule has 0 spiro atoms. The van der Waals surface area contributed by atoms with Crippen LogP contribution >= 0.6 is 0 Å². The van der Waals surface area contributed by atoms with Gasteiger partial charge in [0.15, 0.2) is 0 Å². The number of amides is 1. The van der Waals surface area contributed by atoms with Crippen molar-refractivity contribution < 1.29 is 9.90 Å². The molecule has 0 heterocycles. The van der Waals surface area contributed by atoms with Crippen LogP contribution in [0.3, 0.4) is 0 Å². The Bertz CT molecular complexity index is 216. The van der Waals surface area contributed by atoms with Gasteiger partial charge in [0.05, 0.1) is 0 Å². The van der Waals surface area contributed by atoms with E-state index >= 15 is 0 Å². The van der Waals surface area contributed by atoms with Crippen LogP contribution in [0.15, 0.2) is 0 Å². The standard InChI is InChI=1S/C13H27NO2/c1-6-7-8-9-12(2,3)10-14-11(15)13(4,5)16/h16H,6-10H2,1-5H3,(H,14,15). The second-order valence-corrected chi connectivity index (χ2v) is 5.86. The minimum absolute atomic E-state index is 0.107. The summed E-state index contributed by atoms with van der Waals surface area (Å²) in [5.41, 5.74) is -1.17. The number of aliphatic hydroxyl groups is 1. The summed E-state index contributed by atoms with van der Waals surface area (Å²) in [4.78, 5) is 11.5. The molecule has 0 unspecified atom stereocenters. The van der Waals surface area contributed by atoms with Crippen molar-refractivity contribution in [1.82, 2.24) is 5.32 Å². The van der Waals surface area contributed by atoms with Crippen LogP contribution in [0, 0.1) is 5.41 Å².